The molecule has 16 heteroatoms. The average Bonchev–Trinajstić information content (AvgIpc) is 3.70. The number of unbranched alkanes of at least 4 members (excludes halogenated alkanes) is 1. The van der Waals surface area contributed by atoms with Gasteiger partial charge in [-0.2, -0.15) is 0 Å². The zero-order chi connectivity index (χ0) is 46.2. The van der Waals surface area contributed by atoms with E-state index in [1.165, 1.54) is 23.5 Å². The Morgan fingerprint density at radius 2 is 0.969 bits per heavy atom. The van der Waals surface area contributed by atoms with Crippen molar-refractivity contribution in [1.82, 2.24) is 10.6 Å². The highest BCUT2D eigenvalue weighted by Gasteiger charge is 2.33. The van der Waals surface area contributed by atoms with Gasteiger partial charge in [0.2, 0.25) is 23.3 Å². The smallest absolute Gasteiger partial charge is 0.237 e. The molecular formula is C48H58N4O10S2. The maximum absolute atomic E-state index is 13.8. The van der Waals surface area contributed by atoms with Gasteiger partial charge in [-0.25, -0.2) is 0 Å². The van der Waals surface area contributed by atoms with Crippen molar-refractivity contribution in [3.8, 4) is 56.8 Å². The molecule has 2 unspecified atom stereocenters. The van der Waals surface area contributed by atoms with Gasteiger partial charge in [0.1, 0.15) is 0 Å². The number of carbonyl (C=O) groups is 2. The number of hydrogen-bond acceptors (Lipinski definition) is 14. The van der Waals surface area contributed by atoms with Gasteiger partial charge in [0, 0.05) is 11.1 Å². The van der Waals surface area contributed by atoms with Crippen LogP contribution in [0.2, 0.25) is 0 Å². The lowest BCUT2D eigenvalue weighted by Crippen LogP contribution is -2.43. The summed E-state index contributed by atoms with van der Waals surface area (Å²) in [5, 5.41) is 6.28. The number of amides is 2. The fourth-order valence-corrected chi connectivity index (χ4v) is 9.71. The van der Waals surface area contributed by atoms with E-state index in [-0.39, 0.29) is 22.7 Å². The van der Waals surface area contributed by atoms with Gasteiger partial charge in [-0.3, -0.25) is 19.2 Å². The van der Waals surface area contributed by atoms with Crippen molar-refractivity contribution in [1.29, 1.82) is 0 Å². The second-order valence-corrected chi connectivity index (χ2v) is 17.3. The minimum atomic E-state index is -0.855. The molecule has 2 aliphatic carbocycles. The molecule has 0 radical (unpaired) electrons. The second kappa shape index (κ2) is 21.5. The van der Waals surface area contributed by atoms with E-state index in [1.807, 2.05) is 36.8 Å². The van der Waals surface area contributed by atoms with E-state index in [9.17, 15) is 19.2 Å². The van der Waals surface area contributed by atoms with Crippen LogP contribution in [0, 0.1) is 0 Å². The fraction of sp³-hybridized carbons (Fsp3) is 0.417. The fourth-order valence-electron chi connectivity index (χ4n) is 8.78. The molecule has 0 saturated heterocycles. The summed E-state index contributed by atoms with van der Waals surface area (Å²) in [5.74, 6) is 2.11. The number of fused-ring (bicyclic) bond motifs is 6. The number of ether oxygens (including phenoxy) is 6. The van der Waals surface area contributed by atoms with Crippen molar-refractivity contribution in [3.63, 3.8) is 0 Å². The Kier molecular flexibility index (Phi) is 16.1. The highest BCUT2D eigenvalue weighted by atomic mass is 32.2. The summed E-state index contributed by atoms with van der Waals surface area (Å²) in [6.07, 6.45) is 7.51. The Labute approximate surface area is 382 Å². The van der Waals surface area contributed by atoms with E-state index in [4.69, 9.17) is 39.9 Å². The molecule has 0 aromatic heterocycles. The quantitative estimate of drug-likeness (QED) is 0.0674. The Morgan fingerprint density at radius 3 is 1.30 bits per heavy atom. The summed E-state index contributed by atoms with van der Waals surface area (Å²) in [4.78, 5) is 55.5. The number of carbonyl (C=O) groups excluding carboxylic acids is 2. The number of nitrogens with one attached hydrogen (secondary N) is 2. The number of hydrogen-bond donors (Lipinski definition) is 4. The van der Waals surface area contributed by atoms with E-state index in [0.29, 0.717) is 107 Å². The molecule has 2 amide bonds. The maximum atomic E-state index is 13.8. The first-order valence-electron chi connectivity index (χ1n) is 21.1. The maximum Gasteiger partial charge on any atom is 0.237 e. The van der Waals surface area contributed by atoms with Crippen LogP contribution in [0.15, 0.2) is 67.9 Å². The molecule has 0 bridgehead atoms. The summed E-state index contributed by atoms with van der Waals surface area (Å²) in [6, 6.07) is 11.6. The van der Waals surface area contributed by atoms with Gasteiger partial charge in [-0.1, -0.05) is 25.0 Å². The van der Waals surface area contributed by atoms with Crippen LogP contribution >= 0.6 is 23.5 Å². The Balaban J connectivity index is 1.14. The number of nitrogens with two attached hydrogens (primary N) is 2. The van der Waals surface area contributed by atoms with E-state index >= 15 is 0 Å². The molecule has 0 fully saturated rings. The summed E-state index contributed by atoms with van der Waals surface area (Å²) >= 11 is 2.70. The molecule has 6 rings (SSSR count). The van der Waals surface area contributed by atoms with Gasteiger partial charge in [0.05, 0.1) is 76.6 Å². The monoisotopic (exact) mass is 914 g/mol. The highest BCUT2D eigenvalue weighted by molar-refractivity contribution is 7.98. The number of methoxy groups -OCH3 is 6. The predicted molar refractivity (Wildman–Crippen MR) is 252 cm³/mol. The van der Waals surface area contributed by atoms with Crippen LogP contribution < -0.4 is 61.4 Å². The minimum Gasteiger partial charge on any atom is -0.493 e. The molecule has 64 heavy (non-hydrogen) atoms. The Morgan fingerprint density at radius 1 is 0.594 bits per heavy atom. The SMILES string of the molecule is COc1cc2c(c(OC)c1OC)-c1ccc(SC)c(=O)cc1[C@@H](NC(=O)C(N)CCCCC(N)C(=O)N[C@H]1CCc3cc(OC)c(OC)c(OC)c3-c3ccc(SC)c(=O)cc31)CC2. The van der Waals surface area contributed by atoms with E-state index in [2.05, 4.69) is 10.6 Å². The lowest BCUT2D eigenvalue weighted by atomic mass is 9.95. The van der Waals surface area contributed by atoms with E-state index < -0.39 is 24.2 Å². The third kappa shape index (κ3) is 9.80. The van der Waals surface area contributed by atoms with Gasteiger partial charge in [-0.05, 0) is 121 Å². The lowest BCUT2D eigenvalue weighted by molar-refractivity contribution is -0.124. The summed E-state index contributed by atoms with van der Waals surface area (Å²) in [7, 11) is 9.33. The molecule has 342 valence electrons. The van der Waals surface area contributed by atoms with Gasteiger partial charge in [0.15, 0.2) is 33.9 Å². The summed E-state index contributed by atoms with van der Waals surface area (Å²) < 4.78 is 34.5. The molecule has 0 aliphatic heterocycles. The third-order valence-corrected chi connectivity index (χ3v) is 13.6. The number of thioether (sulfide) groups is 2. The molecule has 0 spiro atoms. The molecule has 4 aromatic carbocycles. The van der Waals surface area contributed by atoms with E-state index in [0.717, 1.165) is 33.4 Å². The summed E-state index contributed by atoms with van der Waals surface area (Å²) in [6.45, 7) is 0. The van der Waals surface area contributed by atoms with Crippen molar-refractivity contribution in [2.45, 2.75) is 85.3 Å². The van der Waals surface area contributed by atoms with Gasteiger partial charge < -0.3 is 50.5 Å². The van der Waals surface area contributed by atoms with Crippen LogP contribution in [0.1, 0.15) is 72.9 Å². The number of rotatable bonds is 17. The largest absolute Gasteiger partial charge is 0.493 e. The predicted octanol–water partition coefficient (Wildman–Crippen LogP) is 6.36. The Bertz CT molecular complexity index is 2350. The van der Waals surface area contributed by atoms with Gasteiger partial charge >= 0.3 is 0 Å². The molecule has 4 aromatic rings. The lowest BCUT2D eigenvalue weighted by Gasteiger charge is -2.22. The van der Waals surface area contributed by atoms with Crippen LogP contribution in [-0.2, 0) is 22.4 Å². The number of aryl methyl sites for hydroxylation is 2. The topological polar surface area (TPSA) is 200 Å². The van der Waals surface area contributed by atoms with Crippen molar-refractivity contribution in [2.75, 3.05) is 55.2 Å². The van der Waals surface area contributed by atoms with Crippen LogP contribution in [0.25, 0.3) is 22.3 Å². The average molecular weight is 915 g/mol. The zero-order valence-electron chi connectivity index (χ0n) is 37.6. The molecule has 0 heterocycles. The molecule has 0 saturated carbocycles. The van der Waals surface area contributed by atoms with Crippen molar-refractivity contribution >= 4 is 35.3 Å². The summed E-state index contributed by atoms with van der Waals surface area (Å²) in [5.41, 5.74) is 18.8. The molecule has 4 atom stereocenters. The second-order valence-electron chi connectivity index (χ2n) is 15.6. The minimum absolute atomic E-state index is 0.163. The molecular weight excluding hydrogens is 857 g/mol. The first kappa shape index (κ1) is 48.0. The van der Waals surface area contributed by atoms with Crippen LogP contribution in [0.3, 0.4) is 0 Å². The van der Waals surface area contributed by atoms with Crippen LogP contribution in [-0.4, -0.2) is 79.1 Å². The molecule has 2 aliphatic rings. The van der Waals surface area contributed by atoms with Crippen molar-refractivity contribution < 1.29 is 38.0 Å². The first-order valence-corrected chi connectivity index (χ1v) is 23.5. The normalized spacial score (nSPS) is 15.9. The first-order chi connectivity index (χ1) is 30.9. The van der Waals surface area contributed by atoms with Crippen molar-refractivity contribution in [3.05, 3.63) is 91.2 Å². The van der Waals surface area contributed by atoms with Crippen LogP contribution in [0.5, 0.6) is 34.5 Å². The van der Waals surface area contributed by atoms with E-state index in [1.54, 1.807) is 66.9 Å². The zero-order valence-corrected chi connectivity index (χ0v) is 39.3. The standard InChI is InChI=1S/C48H58N4O10S2/c1-57-37-21-25-13-17-33(29-23-35(53)39(63-7)19-15-27(29)41(25)45(61-5)43(37)59-3)51-47(55)31(49)11-9-10-12-32(50)48(56)52-34-18-14-26-22-38(58-2)44(60-4)46(62-6)42(26)28-16-20-40(64-8)36(54)24-30(28)34/h15-16,19-24,31-34H,9-14,17-18,49-50H2,1-8H3,(H,51,55)(H,52,56)/t31?,32?,33-,34-/m0/s1. The van der Waals surface area contributed by atoms with Gasteiger partial charge in [0.25, 0.3) is 0 Å². The highest BCUT2D eigenvalue weighted by Crippen LogP contribution is 2.52. The molecule has 6 N–H and O–H groups in total. The Hall–Kier alpha value is -5.42. The number of benzene rings is 2. The molecule has 14 nitrogen and oxygen atoms in total. The van der Waals surface area contributed by atoms with Crippen molar-refractivity contribution in [2.24, 2.45) is 11.5 Å². The van der Waals surface area contributed by atoms with Crippen LogP contribution in [0.4, 0.5) is 0 Å². The third-order valence-electron chi connectivity index (χ3n) is 12.0. The van der Waals surface area contributed by atoms with Gasteiger partial charge in [-0.15, -0.1) is 23.5 Å².